The van der Waals surface area contributed by atoms with E-state index in [-0.39, 0.29) is 17.1 Å². The Morgan fingerprint density at radius 3 is 2.53 bits per heavy atom. The number of benzene rings is 1. The second kappa shape index (κ2) is 8.78. The summed E-state index contributed by atoms with van der Waals surface area (Å²) in [6.07, 6.45) is 8.50. The number of likely N-dealkylation sites (tertiary alicyclic amines) is 1. The van der Waals surface area contributed by atoms with Gasteiger partial charge < -0.3 is 15.3 Å². The van der Waals surface area contributed by atoms with Crippen molar-refractivity contribution in [3.8, 4) is 0 Å². The van der Waals surface area contributed by atoms with E-state index in [1.165, 1.54) is 32.1 Å². The van der Waals surface area contributed by atoms with E-state index in [1.54, 1.807) is 4.90 Å². The van der Waals surface area contributed by atoms with E-state index in [2.05, 4.69) is 11.4 Å². The van der Waals surface area contributed by atoms with Crippen molar-refractivity contribution in [2.75, 3.05) is 13.1 Å². The largest absolute Gasteiger partial charge is 0.465 e. The van der Waals surface area contributed by atoms with Crippen LogP contribution in [0.3, 0.4) is 0 Å². The molecule has 1 saturated carbocycles. The van der Waals surface area contributed by atoms with Gasteiger partial charge in [-0.05, 0) is 37.2 Å². The molecule has 1 saturated heterocycles. The van der Waals surface area contributed by atoms with Gasteiger partial charge in [0.15, 0.2) is 5.78 Å². The van der Waals surface area contributed by atoms with E-state index in [1.807, 2.05) is 18.2 Å². The molecule has 162 valence electrons. The summed E-state index contributed by atoms with van der Waals surface area (Å²) in [4.78, 5) is 38.7. The summed E-state index contributed by atoms with van der Waals surface area (Å²) in [5.41, 5.74) is 1.79. The van der Waals surface area contributed by atoms with E-state index in [0.29, 0.717) is 31.8 Å². The van der Waals surface area contributed by atoms with Gasteiger partial charge in [-0.15, -0.1) is 0 Å². The highest BCUT2D eigenvalue weighted by Crippen LogP contribution is 2.46. The molecule has 1 heterocycles. The van der Waals surface area contributed by atoms with Crippen molar-refractivity contribution in [1.82, 2.24) is 10.2 Å². The van der Waals surface area contributed by atoms with Gasteiger partial charge in [0.05, 0.1) is 0 Å². The Kier molecular flexibility index (Phi) is 6.11. The molecule has 0 radical (unpaired) electrons. The molecule has 0 aromatic heterocycles. The number of nitrogens with one attached hydrogen (secondary N) is 1. The lowest BCUT2D eigenvalue weighted by Crippen LogP contribution is -2.52. The number of nitrogens with zero attached hydrogens (tertiary/aromatic N) is 1. The van der Waals surface area contributed by atoms with E-state index in [0.717, 1.165) is 30.4 Å². The zero-order valence-corrected chi connectivity index (χ0v) is 17.6. The third-order valence-electron chi connectivity index (χ3n) is 7.51. The molecule has 6 heteroatoms. The molecule has 1 atom stereocenters. The van der Waals surface area contributed by atoms with Gasteiger partial charge in [-0.25, -0.2) is 4.79 Å². The Balaban J connectivity index is 1.39. The maximum atomic E-state index is 13.2. The number of hydrogen-bond acceptors (Lipinski definition) is 3. The molecular weight excluding hydrogens is 380 g/mol. The summed E-state index contributed by atoms with van der Waals surface area (Å²) in [5.74, 6) is 0.694. The van der Waals surface area contributed by atoms with Gasteiger partial charge in [-0.1, -0.05) is 56.4 Å². The highest BCUT2D eigenvalue weighted by Gasteiger charge is 2.46. The summed E-state index contributed by atoms with van der Waals surface area (Å²) in [7, 11) is 0. The lowest BCUT2D eigenvalue weighted by molar-refractivity contribution is -0.135. The summed E-state index contributed by atoms with van der Waals surface area (Å²) in [6, 6.07) is 7.17. The van der Waals surface area contributed by atoms with Crippen LogP contribution in [0.25, 0.3) is 0 Å². The quantitative estimate of drug-likeness (QED) is 0.761. The number of carbonyl (C=O) groups excluding carboxylic acids is 2. The third kappa shape index (κ3) is 4.23. The Morgan fingerprint density at radius 1 is 1.13 bits per heavy atom. The number of carboxylic acid groups (broad SMARTS) is 1. The van der Waals surface area contributed by atoms with Crippen molar-refractivity contribution < 1.29 is 19.5 Å². The van der Waals surface area contributed by atoms with E-state index in [9.17, 15) is 19.5 Å². The predicted octanol–water partition coefficient (Wildman–Crippen LogP) is 4.13. The Hall–Kier alpha value is -2.37. The molecule has 2 N–H and O–H groups in total. The van der Waals surface area contributed by atoms with E-state index >= 15 is 0 Å². The fourth-order valence-corrected chi connectivity index (χ4v) is 5.79. The highest BCUT2D eigenvalue weighted by atomic mass is 16.4. The van der Waals surface area contributed by atoms with Crippen LogP contribution >= 0.6 is 0 Å². The number of carbonyl (C=O) groups is 3. The van der Waals surface area contributed by atoms with Gasteiger partial charge in [0.1, 0.15) is 6.04 Å². The number of piperidine rings is 1. The summed E-state index contributed by atoms with van der Waals surface area (Å²) < 4.78 is 0. The van der Waals surface area contributed by atoms with Crippen molar-refractivity contribution in [2.45, 2.75) is 75.7 Å². The minimum absolute atomic E-state index is 0.110. The first-order valence-electron chi connectivity index (χ1n) is 11.4. The first kappa shape index (κ1) is 20.9. The van der Waals surface area contributed by atoms with Gasteiger partial charge >= 0.3 is 6.09 Å². The molecule has 2 fully saturated rings. The van der Waals surface area contributed by atoms with Crippen LogP contribution in [-0.4, -0.2) is 46.9 Å². The average Bonchev–Trinajstić information content (AvgIpc) is 3.03. The zero-order chi connectivity index (χ0) is 21.1. The molecule has 30 heavy (non-hydrogen) atoms. The van der Waals surface area contributed by atoms with Crippen molar-refractivity contribution in [2.24, 2.45) is 5.92 Å². The van der Waals surface area contributed by atoms with Crippen LogP contribution in [0.1, 0.15) is 80.1 Å². The lowest BCUT2D eigenvalue weighted by Gasteiger charge is -2.40. The third-order valence-corrected chi connectivity index (χ3v) is 7.51. The number of fused-ring (bicyclic) bond motifs is 2. The Bertz CT molecular complexity index is 807. The van der Waals surface area contributed by atoms with Crippen LogP contribution < -0.4 is 5.32 Å². The number of hydrogen-bond donors (Lipinski definition) is 2. The first-order chi connectivity index (χ1) is 14.5. The fourth-order valence-electron chi connectivity index (χ4n) is 5.79. The maximum absolute atomic E-state index is 13.2. The van der Waals surface area contributed by atoms with Gasteiger partial charge in [0.2, 0.25) is 5.91 Å². The van der Waals surface area contributed by atoms with Crippen molar-refractivity contribution in [3.63, 3.8) is 0 Å². The topological polar surface area (TPSA) is 86.7 Å². The van der Waals surface area contributed by atoms with Crippen LogP contribution in [0.15, 0.2) is 24.3 Å². The number of ketones is 1. The molecule has 3 aliphatic rings. The molecule has 1 aromatic rings. The predicted molar refractivity (Wildman–Crippen MR) is 114 cm³/mol. The van der Waals surface area contributed by atoms with Crippen LogP contribution in [-0.2, 0) is 10.2 Å². The monoisotopic (exact) mass is 412 g/mol. The Morgan fingerprint density at radius 2 is 1.83 bits per heavy atom. The molecule has 0 unspecified atom stereocenters. The maximum Gasteiger partial charge on any atom is 0.405 e. The highest BCUT2D eigenvalue weighted by molar-refractivity contribution is 6.02. The van der Waals surface area contributed by atoms with Crippen LogP contribution in [0.2, 0.25) is 0 Å². The smallest absolute Gasteiger partial charge is 0.405 e. The normalized spacial score (nSPS) is 22.0. The van der Waals surface area contributed by atoms with Gasteiger partial charge in [-0.3, -0.25) is 9.59 Å². The van der Waals surface area contributed by atoms with Crippen molar-refractivity contribution in [3.05, 3.63) is 35.4 Å². The fraction of sp³-hybridized carbons (Fsp3) is 0.625. The first-order valence-corrected chi connectivity index (χ1v) is 11.4. The molecule has 2 amide bonds. The summed E-state index contributed by atoms with van der Waals surface area (Å²) in [6.45, 7) is 1.14. The van der Waals surface area contributed by atoms with Crippen LogP contribution in [0.4, 0.5) is 4.79 Å². The second-order valence-corrected chi connectivity index (χ2v) is 9.33. The molecule has 0 bridgehead atoms. The standard InChI is InChI=1S/C24H32N2O4/c27-21-16-24(19-9-5-4-8-18(19)21)12-14-26(15-13-24)22(28)20(25-23(29)30)11-10-17-6-2-1-3-7-17/h4-5,8-9,17,20,25H,1-3,6-7,10-16H2,(H,29,30)/t20-/m1/s1. The SMILES string of the molecule is O=C(O)N[C@H](CCC1CCCCC1)C(=O)N1CCC2(CC1)CC(=O)c1ccccc12. The molecule has 1 aromatic carbocycles. The van der Waals surface area contributed by atoms with Gasteiger partial charge in [0, 0.05) is 30.5 Å². The summed E-state index contributed by atoms with van der Waals surface area (Å²) in [5, 5.41) is 11.7. The second-order valence-electron chi connectivity index (χ2n) is 9.33. The molecule has 2 aliphatic carbocycles. The van der Waals surface area contributed by atoms with E-state index < -0.39 is 12.1 Å². The Labute approximate surface area is 178 Å². The molecular formula is C24H32N2O4. The minimum atomic E-state index is -1.14. The van der Waals surface area contributed by atoms with Crippen LogP contribution in [0, 0.1) is 5.92 Å². The molecule has 6 nitrogen and oxygen atoms in total. The molecule has 1 aliphatic heterocycles. The molecule has 1 spiro atoms. The average molecular weight is 413 g/mol. The molecule has 4 rings (SSSR count). The van der Waals surface area contributed by atoms with Gasteiger partial charge in [0.25, 0.3) is 0 Å². The lowest BCUT2D eigenvalue weighted by atomic mass is 9.73. The van der Waals surface area contributed by atoms with E-state index in [4.69, 9.17) is 0 Å². The number of Topliss-reactive ketones (excluding diaryl/α,β-unsaturated/α-hetero) is 1. The van der Waals surface area contributed by atoms with Crippen LogP contribution in [0.5, 0.6) is 0 Å². The number of rotatable bonds is 5. The van der Waals surface area contributed by atoms with Crippen molar-refractivity contribution >= 4 is 17.8 Å². The number of amides is 2. The van der Waals surface area contributed by atoms with Crippen molar-refractivity contribution in [1.29, 1.82) is 0 Å². The minimum Gasteiger partial charge on any atom is -0.465 e. The summed E-state index contributed by atoms with van der Waals surface area (Å²) >= 11 is 0. The van der Waals surface area contributed by atoms with Gasteiger partial charge in [-0.2, -0.15) is 0 Å². The zero-order valence-electron chi connectivity index (χ0n) is 17.6.